The van der Waals surface area contributed by atoms with Crippen LogP contribution in [0.4, 0.5) is 69.2 Å². The van der Waals surface area contributed by atoms with Gasteiger partial charge in [0, 0.05) is 0 Å². The molecule has 1 unspecified atom stereocenters. The highest BCUT2D eigenvalue weighted by molar-refractivity contribution is 7.88. The first kappa shape index (κ1) is 31.4. The van der Waals surface area contributed by atoms with Gasteiger partial charge in [-0.15, -0.1) is 0 Å². The lowest BCUT2D eigenvalue weighted by atomic mass is 10.3. The molecule has 0 aromatic carbocycles. The number of rotatable bonds is 10. The molecule has 0 rings (SSSR count). The van der Waals surface area contributed by atoms with E-state index in [1.807, 2.05) is 0 Å². The van der Waals surface area contributed by atoms with E-state index in [1.165, 1.54) is 9.47 Å². The van der Waals surface area contributed by atoms with Gasteiger partial charge in [-0.25, -0.2) is 0 Å². The first-order valence-electron chi connectivity index (χ1n) is 6.30. The Bertz CT molecular complexity index is 941. The quantitative estimate of drug-likeness (QED) is 0.290. The number of ether oxygens (including phenoxy) is 2. The molecule has 0 aliphatic carbocycles. The van der Waals surface area contributed by atoms with E-state index in [0.29, 0.717) is 0 Å². The molecule has 25 heteroatoms. The topological polar surface area (TPSA) is 104 Å². The number of hydrogen-bond acceptors (Lipinski definition) is 7. The third-order valence-corrected chi connectivity index (χ3v) is 4.60. The minimum atomic E-state index is -8.52. The van der Waals surface area contributed by atoms with E-state index in [4.69, 9.17) is 0 Å². The normalized spacial score (nSPS) is 17.6. The van der Waals surface area contributed by atoms with Crippen molar-refractivity contribution in [1.82, 2.24) is 0 Å². The van der Waals surface area contributed by atoms with Crippen LogP contribution in [0, 0.1) is 0 Å². The van der Waals surface area contributed by atoms with E-state index < -0.39 is 67.1 Å². The SMILES string of the molecule is O=C(F)C(F)(OC(F)(F)C(F)(F)OC(F)(C(F)(F)S(=O)(=O)F)C(F)(F)S(=O)(=O)F)C(F)(F)F. The van der Waals surface area contributed by atoms with Crippen LogP contribution in [-0.4, -0.2) is 63.5 Å². The lowest BCUT2D eigenvalue weighted by molar-refractivity contribution is -0.516. The molecule has 0 saturated heterocycles. The summed E-state index contributed by atoms with van der Waals surface area (Å²) in [5.41, 5.74) is 0. The zero-order chi connectivity index (χ0) is 27.5. The Hall–Kier alpha value is -1.63. The molecule has 0 spiro atoms. The maximum absolute atomic E-state index is 13.9. The Labute approximate surface area is 168 Å². The fraction of sp³-hybridized carbons (Fsp3) is 0.875. The molecular formula is C8F16O7S2. The number of hydrogen-bond donors (Lipinski definition) is 0. The van der Waals surface area contributed by atoms with Gasteiger partial charge in [-0.05, 0) is 0 Å². The van der Waals surface area contributed by atoms with Gasteiger partial charge in [0.2, 0.25) is 0 Å². The van der Waals surface area contributed by atoms with Gasteiger partial charge in [-0.3, -0.25) is 14.3 Å². The summed E-state index contributed by atoms with van der Waals surface area (Å²) in [7, 11) is -17.0. The summed E-state index contributed by atoms with van der Waals surface area (Å²) < 4.78 is 249. The van der Waals surface area contributed by atoms with Crippen LogP contribution in [0.3, 0.4) is 0 Å². The number of alkyl halides is 13. The molecule has 0 heterocycles. The minimum Gasteiger partial charge on any atom is -0.263 e. The third kappa shape index (κ3) is 4.94. The van der Waals surface area contributed by atoms with Gasteiger partial charge in [0.25, 0.3) is 0 Å². The average molecular weight is 576 g/mol. The maximum Gasteiger partial charge on any atom is 0.459 e. The van der Waals surface area contributed by atoms with Crippen molar-refractivity contribution in [3.63, 3.8) is 0 Å². The molecule has 33 heavy (non-hydrogen) atoms. The van der Waals surface area contributed by atoms with Crippen molar-refractivity contribution >= 4 is 26.5 Å². The van der Waals surface area contributed by atoms with Gasteiger partial charge in [-0.1, -0.05) is 7.77 Å². The zero-order valence-electron chi connectivity index (χ0n) is 13.7. The van der Waals surface area contributed by atoms with Crippen molar-refractivity contribution in [3.8, 4) is 0 Å². The first-order valence-corrected chi connectivity index (χ1v) is 9.07. The minimum absolute atomic E-state index is 1.23. The molecule has 198 valence electrons. The first-order chi connectivity index (χ1) is 13.9. The van der Waals surface area contributed by atoms with Gasteiger partial charge in [0.05, 0.1) is 0 Å². The summed E-state index contributed by atoms with van der Waals surface area (Å²) in [4.78, 5) is 9.91. The van der Waals surface area contributed by atoms with Crippen LogP contribution in [0.15, 0.2) is 0 Å². The molecule has 0 aliphatic rings. The molecule has 0 radical (unpaired) electrons. The van der Waals surface area contributed by atoms with E-state index >= 15 is 0 Å². The zero-order valence-corrected chi connectivity index (χ0v) is 15.4. The van der Waals surface area contributed by atoms with Crippen LogP contribution < -0.4 is 0 Å². The van der Waals surface area contributed by atoms with Crippen molar-refractivity contribution in [1.29, 1.82) is 0 Å². The lowest BCUT2D eigenvalue weighted by Crippen LogP contribution is -2.68. The molecule has 0 bridgehead atoms. The van der Waals surface area contributed by atoms with Crippen molar-refractivity contribution in [2.45, 2.75) is 40.6 Å². The van der Waals surface area contributed by atoms with Crippen molar-refractivity contribution < 1.29 is 100 Å². The summed E-state index contributed by atoms with van der Waals surface area (Å²) >= 11 is 0. The predicted molar refractivity (Wildman–Crippen MR) is 61.9 cm³/mol. The second-order valence-electron chi connectivity index (χ2n) is 5.11. The second-order valence-corrected chi connectivity index (χ2v) is 7.89. The van der Waals surface area contributed by atoms with E-state index in [9.17, 15) is 90.9 Å². The molecule has 0 aromatic rings. The summed E-state index contributed by atoms with van der Waals surface area (Å²) in [6, 6.07) is -4.77. The van der Waals surface area contributed by atoms with Crippen LogP contribution in [0.5, 0.6) is 0 Å². The van der Waals surface area contributed by atoms with Crippen molar-refractivity contribution in [2.75, 3.05) is 0 Å². The molecule has 0 fully saturated rings. The van der Waals surface area contributed by atoms with Crippen LogP contribution in [0.1, 0.15) is 0 Å². The van der Waals surface area contributed by atoms with Gasteiger partial charge in [0.15, 0.2) is 0 Å². The number of halogens is 16. The molecule has 1 atom stereocenters. The fourth-order valence-electron chi connectivity index (χ4n) is 1.28. The summed E-state index contributed by atoms with van der Waals surface area (Å²) in [5.74, 6) is -15.6. The van der Waals surface area contributed by atoms with E-state index in [2.05, 4.69) is 0 Å². The average Bonchev–Trinajstić information content (AvgIpc) is 2.49. The highest BCUT2D eigenvalue weighted by atomic mass is 32.3. The molecule has 0 aliphatic heterocycles. The highest BCUT2D eigenvalue weighted by Crippen LogP contribution is 2.56. The monoisotopic (exact) mass is 576 g/mol. The Kier molecular flexibility index (Phi) is 7.57. The van der Waals surface area contributed by atoms with Gasteiger partial charge >= 0.3 is 67.1 Å². The Morgan fingerprint density at radius 2 is 0.848 bits per heavy atom. The van der Waals surface area contributed by atoms with E-state index in [1.54, 1.807) is 0 Å². The molecule has 0 amide bonds. The predicted octanol–water partition coefficient (Wildman–Crippen LogP) is 3.38. The molecule has 7 nitrogen and oxygen atoms in total. The number of carbonyl (C=O) groups excluding carboxylic acids is 1. The highest BCUT2D eigenvalue weighted by Gasteiger charge is 2.87. The van der Waals surface area contributed by atoms with Crippen LogP contribution in [0.25, 0.3) is 0 Å². The Morgan fingerprint density at radius 3 is 1.06 bits per heavy atom. The van der Waals surface area contributed by atoms with E-state index in [0.717, 1.165) is 0 Å². The molecule has 0 aromatic heterocycles. The molecule has 0 saturated carbocycles. The van der Waals surface area contributed by atoms with Gasteiger partial charge < -0.3 is 0 Å². The Balaban J connectivity index is 7.02. The number of carbonyl (C=O) groups is 1. The van der Waals surface area contributed by atoms with Gasteiger partial charge in [-0.2, -0.15) is 78.3 Å². The third-order valence-electron chi connectivity index (χ3n) is 2.86. The van der Waals surface area contributed by atoms with Crippen LogP contribution in [-0.2, 0) is 34.7 Å². The summed E-state index contributed by atoms with van der Waals surface area (Å²) in [6.45, 7) is 0. The smallest absolute Gasteiger partial charge is 0.263 e. The molecule has 0 N–H and O–H groups in total. The lowest BCUT2D eigenvalue weighted by Gasteiger charge is -2.38. The maximum atomic E-state index is 13.9. The fourth-order valence-corrected chi connectivity index (χ4v) is 2.31. The second kappa shape index (κ2) is 7.96. The van der Waals surface area contributed by atoms with Gasteiger partial charge in [0.1, 0.15) is 0 Å². The standard InChI is InChI=1S/C8F16O7S2/c9-1(25)2(10,4(12,13)14)30-5(15,16)6(17,18)31-3(11,7(19,20)32(23,26)27)8(21,22)33(24,28)29. The van der Waals surface area contributed by atoms with E-state index in [-0.39, 0.29) is 0 Å². The van der Waals surface area contributed by atoms with Crippen LogP contribution in [0.2, 0.25) is 0 Å². The summed E-state index contributed by atoms with van der Waals surface area (Å²) in [5, 5.41) is -16.2. The largest absolute Gasteiger partial charge is 0.459 e. The summed E-state index contributed by atoms with van der Waals surface area (Å²) in [6.07, 6.45) is -23.5. The molecular weight excluding hydrogens is 576 g/mol. The van der Waals surface area contributed by atoms with Crippen molar-refractivity contribution in [2.24, 2.45) is 0 Å². The Morgan fingerprint density at radius 1 is 0.576 bits per heavy atom. The van der Waals surface area contributed by atoms with Crippen molar-refractivity contribution in [3.05, 3.63) is 0 Å². The van der Waals surface area contributed by atoms with Crippen LogP contribution >= 0.6 is 0 Å².